The zero-order valence-electron chi connectivity index (χ0n) is 46.2. The Morgan fingerprint density at radius 3 is 0.971 bits per heavy atom. The Bertz CT molecular complexity index is 1160. The molecule has 69 heavy (non-hydrogen) atoms. The van der Waals surface area contributed by atoms with Crippen LogP contribution in [0.2, 0.25) is 0 Å². The highest BCUT2D eigenvalue weighted by Crippen LogP contribution is 2.17. The minimum absolute atomic E-state index is 0.382. The third-order valence-electron chi connectivity index (χ3n) is 14.1. The van der Waals surface area contributed by atoms with Crippen molar-refractivity contribution in [2.75, 3.05) is 6.61 Å². The zero-order chi connectivity index (χ0) is 50.0. The zero-order valence-corrected chi connectivity index (χ0v) is 46.2. The van der Waals surface area contributed by atoms with Crippen molar-refractivity contribution in [3.63, 3.8) is 0 Å². The monoisotopic (exact) mass is 966 g/mol. The second kappa shape index (κ2) is 58.6. The maximum atomic E-state index is 12.6. The van der Waals surface area contributed by atoms with Gasteiger partial charge in [0, 0.05) is 0 Å². The summed E-state index contributed by atoms with van der Waals surface area (Å²) in [6, 6.07) is -0.823. The first-order valence-corrected chi connectivity index (χ1v) is 30.6. The van der Waals surface area contributed by atoms with Gasteiger partial charge in [-0.3, -0.25) is 4.79 Å². The Hall–Kier alpha value is -1.95. The first kappa shape index (κ1) is 67.0. The fourth-order valence-corrected chi connectivity index (χ4v) is 9.31. The van der Waals surface area contributed by atoms with E-state index in [9.17, 15) is 20.1 Å². The summed E-state index contributed by atoms with van der Waals surface area (Å²) >= 11 is 0. The van der Waals surface area contributed by atoms with Crippen molar-refractivity contribution in [3.05, 3.63) is 60.8 Å². The van der Waals surface area contributed by atoms with Crippen LogP contribution in [0.1, 0.15) is 316 Å². The van der Waals surface area contributed by atoms with Gasteiger partial charge >= 0.3 is 0 Å². The summed E-state index contributed by atoms with van der Waals surface area (Å²) in [5.41, 5.74) is 0. The van der Waals surface area contributed by atoms with Crippen molar-refractivity contribution in [2.45, 2.75) is 334 Å². The number of nitrogens with one attached hydrogen (secondary N) is 1. The van der Waals surface area contributed by atoms with E-state index in [4.69, 9.17) is 0 Å². The Balaban J connectivity index is 3.56. The van der Waals surface area contributed by atoms with Crippen molar-refractivity contribution in [1.82, 2.24) is 5.32 Å². The number of aliphatic hydroxyl groups is 3. The topological polar surface area (TPSA) is 89.8 Å². The van der Waals surface area contributed by atoms with Gasteiger partial charge in [0.05, 0.1) is 18.8 Å². The van der Waals surface area contributed by atoms with Crippen molar-refractivity contribution in [1.29, 1.82) is 0 Å². The second-order valence-corrected chi connectivity index (χ2v) is 20.9. The van der Waals surface area contributed by atoms with Crippen molar-refractivity contribution in [2.24, 2.45) is 0 Å². The summed E-state index contributed by atoms with van der Waals surface area (Å²) in [4.78, 5) is 12.6. The van der Waals surface area contributed by atoms with Crippen LogP contribution < -0.4 is 5.32 Å². The van der Waals surface area contributed by atoms with Crippen molar-refractivity contribution in [3.8, 4) is 0 Å². The molecule has 404 valence electrons. The van der Waals surface area contributed by atoms with Crippen molar-refractivity contribution >= 4 is 5.91 Å². The number of rotatable bonds is 56. The van der Waals surface area contributed by atoms with Crippen LogP contribution in [0.4, 0.5) is 0 Å². The highest BCUT2D eigenvalue weighted by atomic mass is 16.3. The van der Waals surface area contributed by atoms with Crippen LogP contribution in [0, 0.1) is 0 Å². The standard InChI is InChI=1S/C64H119NO4/c1-3-5-7-9-11-13-15-17-19-21-23-24-25-26-27-28-29-30-31-32-33-34-35-36-37-38-39-41-43-45-47-49-51-53-55-57-59-63(68)64(69)65-61(60-66)62(67)58-56-54-52-50-48-46-44-42-40-22-20-18-16-14-12-10-8-6-4-2/h27-28,30-31,40,42,48,50,56,58,61-63,66-68H,3-26,29,32-39,41,43-47,49,51-55,57,59-60H2,1-2H3,(H,65,69)/b28-27-,31-30-,42-40+,50-48+,58-56+. The van der Waals surface area contributed by atoms with E-state index in [1.807, 2.05) is 6.08 Å². The van der Waals surface area contributed by atoms with Gasteiger partial charge in [0.1, 0.15) is 6.10 Å². The van der Waals surface area contributed by atoms with Crippen LogP contribution in [0.25, 0.3) is 0 Å². The molecule has 0 aliphatic carbocycles. The summed E-state index contributed by atoms with van der Waals surface area (Å²) in [7, 11) is 0. The molecule has 4 N–H and O–H groups in total. The minimum Gasteiger partial charge on any atom is -0.394 e. The fraction of sp³-hybridized carbons (Fsp3) is 0.828. The number of amides is 1. The Morgan fingerprint density at radius 1 is 0.362 bits per heavy atom. The second-order valence-electron chi connectivity index (χ2n) is 20.9. The quantitative estimate of drug-likeness (QED) is 0.0361. The molecule has 0 radical (unpaired) electrons. The van der Waals surface area contributed by atoms with Crippen molar-refractivity contribution < 1.29 is 20.1 Å². The largest absolute Gasteiger partial charge is 0.394 e. The summed E-state index contributed by atoms with van der Waals surface area (Å²) in [6.07, 6.45) is 80.4. The Labute approximate surface area is 430 Å². The molecule has 3 unspecified atom stereocenters. The molecule has 0 rings (SSSR count). The molecular weight excluding hydrogens is 847 g/mol. The predicted molar refractivity (Wildman–Crippen MR) is 305 cm³/mol. The Morgan fingerprint density at radius 2 is 0.638 bits per heavy atom. The summed E-state index contributed by atoms with van der Waals surface area (Å²) < 4.78 is 0. The van der Waals surface area contributed by atoms with Gasteiger partial charge in [-0.15, -0.1) is 0 Å². The molecule has 0 bridgehead atoms. The first-order valence-electron chi connectivity index (χ1n) is 30.6. The maximum absolute atomic E-state index is 12.6. The molecule has 0 saturated heterocycles. The lowest BCUT2D eigenvalue weighted by atomic mass is 10.0. The van der Waals surface area contributed by atoms with E-state index in [1.165, 1.54) is 244 Å². The molecule has 0 aromatic heterocycles. The number of carbonyl (C=O) groups excluding carboxylic acids is 1. The average molecular weight is 967 g/mol. The number of aliphatic hydroxyl groups excluding tert-OH is 3. The third-order valence-corrected chi connectivity index (χ3v) is 14.1. The van der Waals surface area contributed by atoms with E-state index in [2.05, 4.69) is 67.8 Å². The number of unbranched alkanes of at least 4 members (excludes halogenated alkanes) is 40. The third kappa shape index (κ3) is 53.7. The molecule has 5 heteroatoms. The first-order chi connectivity index (χ1) is 34.1. The highest BCUT2D eigenvalue weighted by Gasteiger charge is 2.22. The van der Waals surface area contributed by atoms with E-state index in [-0.39, 0.29) is 6.61 Å². The van der Waals surface area contributed by atoms with Crippen LogP contribution in [0.3, 0.4) is 0 Å². The van der Waals surface area contributed by atoms with E-state index >= 15 is 0 Å². The molecule has 0 aliphatic heterocycles. The molecule has 0 saturated carbocycles. The highest BCUT2D eigenvalue weighted by molar-refractivity contribution is 5.80. The molecule has 5 nitrogen and oxygen atoms in total. The molecule has 3 atom stereocenters. The van der Waals surface area contributed by atoms with E-state index in [1.54, 1.807) is 6.08 Å². The number of hydrogen-bond acceptors (Lipinski definition) is 4. The van der Waals surface area contributed by atoms with Crippen LogP contribution in [0.15, 0.2) is 60.8 Å². The average Bonchev–Trinajstić information content (AvgIpc) is 3.35. The lowest BCUT2D eigenvalue weighted by Gasteiger charge is -2.21. The van der Waals surface area contributed by atoms with E-state index < -0.39 is 24.2 Å². The van der Waals surface area contributed by atoms with Gasteiger partial charge in [0.2, 0.25) is 5.91 Å². The van der Waals surface area contributed by atoms with Crippen LogP contribution in [-0.4, -0.2) is 46.1 Å². The molecule has 0 heterocycles. The number of allylic oxidation sites excluding steroid dienone is 9. The molecule has 0 aliphatic rings. The van der Waals surface area contributed by atoms with Gasteiger partial charge in [0.25, 0.3) is 0 Å². The van der Waals surface area contributed by atoms with Gasteiger partial charge in [0.15, 0.2) is 0 Å². The molecule has 0 aromatic rings. The fourth-order valence-electron chi connectivity index (χ4n) is 9.31. The molecule has 0 fully saturated rings. The van der Waals surface area contributed by atoms with E-state index in [0.29, 0.717) is 6.42 Å². The van der Waals surface area contributed by atoms with Gasteiger partial charge in [-0.2, -0.15) is 0 Å². The number of carbonyl (C=O) groups is 1. The van der Waals surface area contributed by atoms with Gasteiger partial charge < -0.3 is 20.6 Å². The molecular formula is C64H119NO4. The van der Waals surface area contributed by atoms with E-state index in [0.717, 1.165) is 51.4 Å². The maximum Gasteiger partial charge on any atom is 0.249 e. The van der Waals surface area contributed by atoms with Gasteiger partial charge in [-0.1, -0.05) is 299 Å². The normalized spacial score (nSPS) is 13.6. The molecule has 0 aromatic carbocycles. The predicted octanol–water partition coefficient (Wildman–Crippen LogP) is 19.3. The molecule has 0 spiro atoms. The summed E-state index contributed by atoms with van der Waals surface area (Å²) in [5, 5.41) is 33.3. The summed E-state index contributed by atoms with van der Waals surface area (Å²) in [5.74, 6) is -0.515. The molecule has 1 amide bonds. The number of hydrogen-bond donors (Lipinski definition) is 4. The lowest BCUT2D eigenvalue weighted by Crippen LogP contribution is -2.48. The smallest absolute Gasteiger partial charge is 0.249 e. The lowest BCUT2D eigenvalue weighted by molar-refractivity contribution is -0.131. The van der Waals surface area contributed by atoms with Gasteiger partial charge in [-0.05, 0) is 77.0 Å². The van der Waals surface area contributed by atoms with Crippen LogP contribution >= 0.6 is 0 Å². The minimum atomic E-state index is -1.11. The summed E-state index contributed by atoms with van der Waals surface area (Å²) in [6.45, 7) is 4.19. The SMILES string of the molecule is CCCCCCCCCCC/C=C/CC/C=C/CC/C=C/C(O)C(CO)NC(=O)C(O)CCCCCCCCCCCCCCCCCC/C=C\C/C=C\CCCCCCCCCCCCCCC. The Kier molecular flexibility index (Phi) is 57.0. The van der Waals surface area contributed by atoms with Crippen LogP contribution in [-0.2, 0) is 4.79 Å². The van der Waals surface area contributed by atoms with Crippen LogP contribution in [0.5, 0.6) is 0 Å². The van der Waals surface area contributed by atoms with Gasteiger partial charge in [-0.25, -0.2) is 0 Å².